The van der Waals surface area contributed by atoms with Crippen LogP contribution in [-0.4, -0.2) is 23.9 Å². The molecule has 1 aliphatic rings. The number of aliphatic hydroxyl groups is 1. The van der Waals surface area contributed by atoms with Gasteiger partial charge >= 0.3 is 0 Å². The van der Waals surface area contributed by atoms with Crippen molar-refractivity contribution < 1.29 is 9.84 Å². The number of hydrogen-bond acceptors (Lipinski definition) is 3. The van der Waals surface area contributed by atoms with Crippen LogP contribution < -0.4 is 0 Å². The standard InChI is InChI=1S/C15H19NO2/c16-12-15(18-11-10-17)8-6-14(7-9-15)13-4-2-1-3-5-13/h1-5,14,17H,6-11H2. The van der Waals surface area contributed by atoms with E-state index in [4.69, 9.17) is 9.84 Å². The molecule has 18 heavy (non-hydrogen) atoms. The minimum atomic E-state index is -0.673. The minimum absolute atomic E-state index is 0.0223. The molecule has 0 heterocycles. The molecule has 0 atom stereocenters. The zero-order valence-corrected chi connectivity index (χ0v) is 10.5. The Morgan fingerprint density at radius 2 is 1.94 bits per heavy atom. The van der Waals surface area contributed by atoms with E-state index in [1.165, 1.54) is 5.56 Å². The van der Waals surface area contributed by atoms with E-state index in [9.17, 15) is 5.26 Å². The summed E-state index contributed by atoms with van der Waals surface area (Å²) in [6, 6.07) is 12.7. The van der Waals surface area contributed by atoms with Crippen LogP contribution in [-0.2, 0) is 4.74 Å². The molecule has 1 aliphatic carbocycles. The zero-order valence-electron chi connectivity index (χ0n) is 10.5. The molecule has 0 aromatic heterocycles. The van der Waals surface area contributed by atoms with Gasteiger partial charge < -0.3 is 9.84 Å². The van der Waals surface area contributed by atoms with Crippen molar-refractivity contribution in [1.82, 2.24) is 0 Å². The molecule has 3 nitrogen and oxygen atoms in total. The average molecular weight is 245 g/mol. The largest absolute Gasteiger partial charge is 0.394 e. The van der Waals surface area contributed by atoms with Crippen molar-refractivity contribution in [3.8, 4) is 6.07 Å². The summed E-state index contributed by atoms with van der Waals surface area (Å²) in [5, 5.41) is 18.1. The predicted molar refractivity (Wildman–Crippen MR) is 69.0 cm³/mol. The number of rotatable bonds is 4. The Morgan fingerprint density at radius 3 is 2.50 bits per heavy atom. The Morgan fingerprint density at radius 1 is 1.28 bits per heavy atom. The van der Waals surface area contributed by atoms with Crippen LogP contribution >= 0.6 is 0 Å². The van der Waals surface area contributed by atoms with Gasteiger partial charge in [-0.05, 0) is 37.2 Å². The quantitative estimate of drug-likeness (QED) is 0.887. The smallest absolute Gasteiger partial charge is 0.154 e. The highest BCUT2D eigenvalue weighted by molar-refractivity contribution is 5.21. The van der Waals surface area contributed by atoms with Gasteiger partial charge in [-0.3, -0.25) is 0 Å². The maximum atomic E-state index is 9.27. The van der Waals surface area contributed by atoms with E-state index in [-0.39, 0.29) is 13.2 Å². The van der Waals surface area contributed by atoms with Gasteiger partial charge in [0, 0.05) is 0 Å². The first-order chi connectivity index (χ1) is 8.79. The van der Waals surface area contributed by atoms with E-state index < -0.39 is 5.60 Å². The molecule has 2 rings (SSSR count). The third kappa shape index (κ3) is 2.90. The fourth-order valence-corrected chi connectivity index (χ4v) is 2.67. The van der Waals surface area contributed by atoms with E-state index in [2.05, 4.69) is 30.3 Å². The molecule has 0 amide bonds. The average Bonchev–Trinajstić information content (AvgIpc) is 2.47. The van der Waals surface area contributed by atoms with Crippen LogP contribution in [0.2, 0.25) is 0 Å². The maximum absolute atomic E-state index is 9.27. The minimum Gasteiger partial charge on any atom is -0.394 e. The molecular formula is C15H19NO2. The van der Waals surface area contributed by atoms with Gasteiger partial charge in [0.05, 0.1) is 19.3 Å². The van der Waals surface area contributed by atoms with Gasteiger partial charge in [-0.2, -0.15) is 5.26 Å². The van der Waals surface area contributed by atoms with Gasteiger partial charge in [0.25, 0.3) is 0 Å². The molecule has 1 saturated carbocycles. The van der Waals surface area contributed by atoms with Crippen LogP contribution in [0.1, 0.15) is 37.2 Å². The summed E-state index contributed by atoms with van der Waals surface area (Å²) < 4.78 is 5.54. The Labute approximate surface area is 108 Å². The van der Waals surface area contributed by atoms with Crippen molar-refractivity contribution in [2.24, 2.45) is 0 Å². The molecule has 1 aromatic rings. The van der Waals surface area contributed by atoms with Crippen molar-refractivity contribution in [2.45, 2.75) is 37.2 Å². The number of nitrogens with zero attached hydrogens (tertiary/aromatic N) is 1. The van der Waals surface area contributed by atoms with Crippen LogP contribution in [0.5, 0.6) is 0 Å². The molecule has 0 aliphatic heterocycles. The number of ether oxygens (including phenoxy) is 1. The zero-order chi connectivity index (χ0) is 12.8. The Balaban J connectivity index is 1.97. The van der Waals surface area contributed by atoms with Crippen molar-refractivity contribution in [3.63, 3.8) is 0 Å². The Hall–Kier alpha value is -1.37. The van der Waals surface area contributed by atoms with Gasteiger partial charge in [0.15, 0.2) is 5.60 Å². The van der Waals surface area contributed by atoms with E-state index >= 15 is 0 Å². The van der Waals surface area contributed by atoms with Gasteiger partial charge in [0.2, 0.25) is 0 Å². The molecule has 96 valence electrons. The summed E-state index contributed by atoms with van der Waals surface area (Å²) >= 11 is 0. The third-order valence-electron chi connectivity index (χ3n) is 3.74. The summed E-state index contributed by atoms with van der Waals surface area (Å²) in [4.78, 5) is 0. The summed E-state index contributed by atoms with van der Waals surface area (Å²) in [7, 11) is 0. The summed E-state index contributed by atoms with van der Waals surface area (Å²) in [6.07, 6.45) is 3.46. The molecule has 0 bridgehead atoms. The van der Waals surface area contributed by atoms with Gasteiger partial charge in [-0.15, -0.1) is 0 Å². The van der Waals surface area contributed by atoms with Crippen molar-refractivity contribution in [2.75, 3.05) is 13.2 Å². The van der Waals surface area contributed by atoms with Crippen molar-refractivity contribution in [1.29, 1.82) is 5.26 Å². The highest BCUT2D eigenvalue weighted by atomic mass is 16.5. The van der Waals surface area contributed by atoms with Crippen LogP contribution in [0.15, 0.2) is 30.3 Å². The topological polar surface area (TPSA) is 53.2 Å². The first-order valence-electron chi connectivity index (χ1n) is 6.51. The van der Waals surface area contributed by atoms with Crippen LogP contribution in [0.3, 0.4) is 0 Å². The van der Waals surface area contributed by atoms with Crippen LogP contribution in [0, 0.1) is 11.3 Å². The first-order valence-corrected chi connectivity index (χ1v) is 6.51. The molecule has 0 spiro atoms. The molecule has 0 saturated heterocycles. The molecule has 1 N–H and O–H groups in total. The molecule has 0 radical (unpaired) electrons. The second-order valence-corrected chi connectivity index (χ2v) is 4.86. The van der Waals surface area contributed by atoms with E-state index in [1.54, 1.807) is 0 Å². The fraction of sp³-hybridized carbons (Fsp3) is 0.533. The number of aliphatic hydroxyl groups excluding tert-OH is 1. The predicted octanol–water partition coefficient (Wildman–Crippen LogP) is 2.62. The van der Waals surface area contributed by atoms with Crippen LogP contribution in [0.4, 0.5) is 0 Å². The lowest BCUT2D eigenvalue weighted by Gasteiger charge is -2.34. The van der Waals surface area contributed by atoms with Gasteiger partial charge in [-0.25, -0.2) is 0 Å². The van der Waals surface area contributed by atoms with Crippen molar-refractivity contribution >= 4 is 0 Å². The second-order valence-electron chi connectivity index (χ2n) is 4.86. The van der Waals surface area contributed by atoms with E-state index in [0.29, 0.717) is 5.92 Å². The number of benzene rings is 1. The molecule has 0 unspecified atom stereocenters. The highest BCUT2D eigenvalue weighted by Gasteiger charge is 2.36. The molecule has 1 aromatic carbocycles. The van der Waals surface area contributed by atoms with Gasteiger partial charge in [0.1, 0.15) is 0 Å². The Bertz CT molecular complexity index is 402. The molecular weight excluding hydrogens is 226 g/mol. The summed E-state index contributed by atoms with van der Waals surface area (Å²) in [5.41, 5.74) is 0.680. The second kappa shape index (κ2) is 5.99. The molecule has 3 heteroatoms. The highest BCUT2D eigenvalue weighted by Crippen LogP contribution is 2.39. The third-order valence-corrected chi connectivity index (χ3v) is 3.74. The molecule has 1 fully saturated rings. The van der Waals surface area contributed by atoms with Crippen LogP contribution in [0.25, 0.3) is 0 Å². The SMILES string of the molecule is N#CC1(OCCO)CCC(c2ccccc2)CC1. The van der Waals surface area contributed by atoms with E-state index in [1.807, 2.05) is 6.07 Å². The summed E-state index contributed by atoms with van der Waals surface area (Å²) in [6.45, 7) is 0.231. The lowest BCUT2D eigenvalue weighted by Crippen LogP contribution is -2.36. The summed E-state index contributed by atoms with van der Waals surface area (Å²) in [5.74, 6) is 0.533. The fourth-order valence-electron chi connectivity index (χ4n) is 2.67. The maximum Gasteiger partial charge on any atom is 0.154 e. The Kier molecular flexibility index (Phi) is 4.35. The lowest BCUT2D eigenvalue weighted by atomic mass is 9.76. The van der Waals surface area contributed by atoms with Gasteiger partial charge in [-0.1, -0.05) is 30.3 Å². The normalized spacial score (nSPS) is 27.7. The first kappa shape index (κ1) is 13.1. The van der Waals surface area contributed by atoms with E-state index in [0.717, 1.165) is 25.7 Å². The number of nitriles is 1. The lowest BCUT2D eigenvalue weighted by molar-refractivity contribution is -0.0439. The number of hydrogen-bond donors (Lipinski definition) is 1. The van der Waals surface area contributed by atoms with Crippen molar-refractivity contribution in [3.05, 3.63) is 35.9 Å². The monoisotopic (exact) mass is 245 g/mol.